The van der Waals surface area contributed by atoms with E-state index in [0.717, 1.165) is 11.1 Å². The van der Waals surface area contributed by atoms with Gasteiger partial charge in [-0.2, -0.15) is 0 Å². The number of hydrogen-bond acceptors (Lipinski definition) is 6. The van der Waals surface area contributed by atoms with Crippen LogP contribution in [0.4, 0.5) is 5.82 Å². The van der Waals surface area contributed by atoms with Gasteiger partial charge < -0.3 is 10.8 Å². The molecular weight excluding hydrogens is 256 g/mol. The highest BCUT2D eigenvalue weighted by Crippen LogP contribution is 2.35. The number of anilines is 1. The van der Waals surface area contributed by atoms with E-state index in [1.54, 1.807) is 4.68 Å². The summed E-state index contributed by atoms with van der Waals surface area (Å²) in [5.41, 5.74) is 8.94. The number of rotatable bonds is 1. The van der Waals surface area contributed by atoms with E-state index in [1.165, 1.54) is 6.33 Å². The average Bonchev–Trinajstić information content (AvgIpc) is 2.99. The van der Waals surface area contributed by atoms with Crippen molar-refractivity contribution in [3.05, 3.63) is 41.7 Å². The lowest BCUT2D eigenvalue weighted by Gasteiger charge is -2.16. The Morgan fingerprint density at radius 3 is 3.00 bits per heavy atom. The van der Waals surface area contributed by atoms with Gasteiger partial charge in [0.1, 0.15) is 12.4 Å². The quantitative estimate of drug-likeness (QED) is 0.658. The van der Waals surface area contributed by atoms with E-state index in [-0.39, 0.29) is 6.04 Å². The van der Waals surface area contributed by atoms with Gasteiger partial charge in [-0.1, -0.05) is 29.5 Å². The summed E-state index contributed by atoms with van der Waals surface area (Å²) in [7, 11) is 0. The van der Waals surface area contributed by atoms with E-state index >= 15 is 0 Å². The molecule has 2 atom stereocenters. The monoisotopic (exact) mass is 268 g/mol. The Labute approximate surface area is 114 Å². The molecule has 0 unspecified atom stereocenters. The van der Waals surface area contributed by atoms with E-state index in [9.17, 15) is 5.11 Å². The summed E-state index contributed by atoms with van der Waals surface area (Å²) < 4.78 is 1.63. The third kappa shape index (κ3) is 1.44. The maximum Gasteiger partial charge on any atom is 0.184 e. The largest absolute Gasteiger partial charge is 0.390 e. The van der Waals surface area contributed by atoms with Crippen LogP contribution >= 0.6 is 0 Å². The van der Waals surface area contributed by atoms with Gasteiger partial charge in [0.25, 0.3) is 0 Å². The van der Waals surface area contributed by atoms with E-state index in [4.69, 9.17) is 5.73 Å². The Kier molecular flexibility index (Phi) is 2.25. The Morgan fingerprint density at radius 2 is 2.10 bits per heavy atom. The zero-order valence-electron chi connectivity index (χ0n) is 10.5. The summed E-state index contributed by atoms with van der Waals surface area (Å²) in [6.45, 7) is 0. The van der Waals surface area contributed by atoms with Crippen molar-refractivity contribution in [2.45, 2.75) is 18.6 Å². The summed E-state index contributed by atoms with van der Waals surface area (Å²) in [6, 6.07) is 7.64. The van der Waals surface area contributed by atoms with Crippen LogP contribution in [0.25, 0.3) is 11.2 Å². The van der Waals surface area contributed by atoms with Crippen molar-refractivity contribution >= 4 is 17.0 Å². The van der Waals surface area contributed by atoms with Crippen LogP contribution in [0.3, 0.4) is 0 Å². The molecule has 0 bridgehead atoms. The zero-order valence-corrected chi connectivity index (χ0v) is 10.5. The number of nitrogen functional groups attached to an aromatic ring is 1. The van der Waals surface area contributed by atoms with Gasteiger partial charge in [0.2, 0.25) is 0 Å². The van der Waals surface area contributed by atoms with Gasteiger partial charge in [-0.25, -0.2) is 14.6 Å². The first-order chi connectivity index (χ1) is 9.75. The lowest BCUT2D eigenvalue weighted by Crippen LogP contribution is -2.22. The fraction of sp³-hybridized carbons (Fsp3) is 0.231. The molecule has 2 heterocycles. The Bertz CT molecular complexity index is 798. The molecule has 0 saturated heterocycles. The highest BCUT2D eigenvalue weighted by molar-refractivity contribution is 5.80. The zero-order chi connectivity index (χ0) is 13.7. The smallest absolute Gasteiger partial charge is 0.184 e. The lowest BCUT2D eigenvalue weighted by atomic mass is 10.1. The van der Waals surface area contributed by atoms with Crippen LogP contribution < -0.4 is 5.73 Å². The molecule has 4 rings (SSSR count). The topological polar surface area (TPSA) is 103 Å². The molecule has 0 saturated carbocycles. The van der Waals surface area contributed by atoms with Gasteiger partial charge in [-0.3, -0.25) is 0 Å². The minimum atomic E-state index is -0.548. The van der Waals surface area contributed by atoms with Gasteiger partial charge in [-0.05, 0) is 11.1 Å². The van der Waals surface area contributed by atoms with Crippen LogP contribution in [0, 0.1) is 0 Å². The minimum absolute atomic E-state index is 0.287. The first-order valence-corrected chi connectivity index (χ1v) is 6.33. The molecule has 1 aliphatic carbocycles. The van der Waals surface area contributed by atoms with Gasteiger partial charge in [0, 0.05) is 6.42 Å². The van der Waals surface area contributed by atoms with E-state index in [0.29, 0.717) is 23.4 Å². The fourth-order valence-electron chi connectivity index (χ4n) is 2.82. The van der Waals surface area contributed by atoms with Gasteiger partial charge in [0.15, 0.2) is 17.0 Å². The standard InChI is InChI=1S/C13H12N6O/c14-12-10-13(16-6-15-12)19(18-17-10)11-8-4-2-1-3-7(8)5-9(11)20/h1-4,6,9,11,20H,5H2,(H2,14,15,16)/t9-,11-/m1/s1. The van der Waals surface area contributed by atoms with Crippen molar-refractivity contribution < 1.29 is 5.11 Å². The summed E-state index contributed by atoms with van der Waals surface area (Å²) in [6.07, 6.45) is 1.43. The molecule has 0 amide bonds. The molecule has 1 aromatic carbocycles. The highest BCUT2D eigenvalue weighted by Gasteiger charge is 2.34. The second-order valence-corrected chi connectivity index (χ2v) is 4.88. The highest BCUT2D eigenvalue weighted by atomic mass is 16.3. The number of nitrogens with zero attached hydrogens (tertiary/aromatic N) is 5. The normalized spacial score (nSPS) is 21.2. The van der Waals surface area contributed by atoms with Gasteiger partial charge in [0.05, 0.1) is 6.10 Å². The SMILES string of the molecule is Nc1ncnc2c1nnn2[C@@H]1c2ccccc2C[C@H]1O. The number of aromatic nitrogens is 5. The molecular formula is C13H12N6O. The van der Waals surface area contributed by atoms with Crippen LogP contribution in [0.1, 0.15) is 17.2 Å². The lowest BCUT2D eigenvalue weighted by molar-refractivity contribution is 0.139. The molecule has 2 aromatic heterocycles. The van der Waals surface area contributed by atoms with Crippen molar-refractivity contribution in [3.8, 4) is 0 Å². The maximum absolute atomic E-state index is 10.3. The van der Waals surface area contributed by atoms with Gasteiger partial charge >= 0.3 is 0 Å². The third-order valence-corrected chi connectivity index (χ3v) is 3.72. The van der Waals surface area contributed by atoms with E-state index < -0.39 is 6.10 Å². The first kappa shape index (κ1) is 11.3. The summed E-state index contributed by atoms with van der Waals surface area (Å²) >= 11 is 0. The van der Waals surface area contributed by atoms with Crippen LogP contribution in [-0.2, 0) is 6.42 Å². The molecule has 0 spiro atoms. The number of aliphatic hydroxyl groups excluding tert-OH is 1. The number of benzene rings is 1. The van der Waals surface area contributed by atoms with Crippen LogP contribution in [0.2, 0.25) is 0 Å². The molecule has 1 aliphatic rings. The van der Waals surface area contributed by atoms with Crippen molar-refractivity contribution in [1.82, 2.24) is 25.0 Å². The Hall–Kier alpha value is -2.54. The number of aliphatic hydroxyl groups is 1. The number of hydrogen-bond donors (Lipinski definition) is 2. The molecule has 7 nitrogen and oxygen atoms in total. The van der Waals surface area contributed by atoms with Crippen molar-refractivity contribution in [1.29, 1.82) is 0 Å². The minimum Gasteiger partial charge on any atom is -0.390 e. The molecule has 20 heavy (non-hydrogen) atoms. The molecule has 0 aliphatic heterocycles. The summed E-state index contributed by atoms with van der Waals surface area (Å²) in [5.74, 6) is 0.294. The molecule has 0 radical (unpaired) electrons. The fourth-order valence-corrected chi connectivity index (χ4v) is 2.82. The number of nitrogens with two attached hydrogens (primary N) is 1. The van der Waals surface area contributed by atoms with Crippen LogP contribution in [0.15, 0.2) is 30.6 Å². The average molecular weight is 268 g/mol. The summed E-state index contributed by atoms with van der Waals surface area (Å²) in [4.78, 5) is 8.09. The molecule has 100 valence electrons. The second-order valence-electron chi connectivity index (χ2n) is 4.88. The summed E-state index contributed by atoms with van der Waals surface area (Å²) in [5, 5.41) is 18.5. The second kappa shape index (κ2) is 3.97. The predicted octanol–water partition coefficient (Wildman–Crippen LogP) is 0.310. The van der Waals surface area contributed by atoms with Gasteiger partial charge in [-0.15, -0.1) is 5.10 Å². The molecule has 3 aromatic rings. The van der Waals surface area contributed by atoms with E-state index in [2.05, 4.69) is 20.3 Å². The molecule has 7 heteroatoms. The van der Waals surface area contributed by atoms with Crippen molar-refractivity contribution in [2.24, 2.45) is 0 Å². The van der Waals surface area contributed by atoms with Crippen molar-refractivity contribution in [3.63, 3.8) is 0 Å². The van der Waals surface area contributed by atoms with E-state index in [1.807, 2.05) is 24.3 Å². The van der Waals surface area contributed by atoms with Crippen LogP contribution in [-0.4, -0.2) is 36.2 Å². The third-order valence-electron chi connectivity index (χ3n) is 3.72. The first-order valence-electron chi connectivity index (χ1n) is 6.33. The predicted molar refractivity (Wildman–Crippen MR) is 71.8 cm³/mol. The molecule has 0 fully saturated rings. The maximum atomic E-state index is 10.3. The van der Waals surface area contributed by atoms with Crippen LogP contribution in [0.5, 0.6) is 0 Å². The Balaban J connectivity index is 1.94. The Morgan fingerprint density at radius 1 is 1.25 bits per heavy atom. The molecule has 3 N–H and O–H groups in total. The number of fused-ring (bicyclic) bond motifs is 2. The van der Waals surface area contributed by atoms with Crippen molar-refractivity contribution in [2.75, 3.05) is 5.73 Å².